The van der Waals surface area contributed by atoms with E-state index in [1.54, 1.807) is 13.8 Å². The van der Waals surface area contributed by atoms with Crippen molar-refractivity contribution >= 4 is 11.6 Å². The van der Waals surface area contributed by atoms with Gasteiger partial charge in [-0.3, -0.25) is 0 Å². The molecule has 1 rings (SSSR count). The Morgan fingerprint density at radius 2 is 1.64 bits per heavy atom. The molecule has 3 heteroatoms. The summed E-state index contributed by atoms with van der Waals surface area (Å²) in [7, 11) is 0. The molecule has 0 aliphatic rings. The molecule has 0 unspecified atom stereocenters. The van der Waals surface area contributed by atoms with Gasteiger partial charge in [0.15, 0.2) is 0 Å². The Hall–Kier alpha value is -0.890. The Labute approximate surface area is 70.1 Å². The van der Waals surface area contributed by atoms with Crippen LogP contribution in [0.2, 0.25) is 5.02 Å². The van der Waals surface area contributed by atoms with E-state index in [4.69, 9.17) is 16.7 Å². The van der Waals surface area contributed by atoms with Crippen LogP contribution in [-0.4, -0.2) is 10.2 Å². The summed E-state index contributed by atoms with van der Waals surface area (Å²) in [4.78, 5) is 0. The highest BCUT2D eigenvalue weighted by molar-refractivity contribution is 6.32. The number of rotatable bonds is 0. The Kier molecular flexibility index (Phi) is 1.96. The number of phenolic OH excluding ortho intramolecular Hbond substituents is 2. The number of halogens is 1. The van der Waals surface area contributed by atoms with Gasteiger partial charge in [-0.25, -0.2) is 0 Å². The second-order valence-corrected chi connectivity index (χ2v) is 2.86. The summed E-state index contributed by atoms with van der Waals surface area (Å²) >= 11 is 5.69. The smallest absolute Gasteiger partial charge is 0.138 e. The predicted molar refractivity (Wildman–Crippen MR) is 44.3 cm³/mol. The lowest BCUT2D eigenvalue weighted by molar-refractivity contribution is 0.447. The van der Waals surface area contributed by atoms with Gasteiger partial charge in [0.2, 0.25) is 0 Å². The maximum atomic E-state index is 9.19. The lowest BCUT2D eigenvalue weighted by atomic mass is 10.1. The number of hydrogen-bond acceptors (Lipinski definition) is 2. The monoisotopic (exact) mass is 172 g/mol. The van der Waals surface area contributed by atoms with Gasteiger partial charge in [0.05, 0.1) is 5.02 Å². The molecule has 2 nitrogen and oxygen atoms in total. The van der Waals surface area contributed by atoms with E-state index in [2.05, 4.69) is 0 Å². The van der Waals surface area contributed by atoms with Crippen LogP contribution in [0.3, 0.4) is 0 Å². The normalized spacial score (nSPS) is 10.1. The molecule has 0 bridgehead atoms. The van der Waals surface area contributed by atoms with E-state index in [1.807, 2.05) is 0 Å². The number of benzene rings is 1. The molecule has 0 radical (unpaired) electrons. The van der Waals surface area contributed by atoms with Crippen molar-refractivity contribution in [2.24, 2.45) is 0 Å². The number of hydrogen-bond donors (Lipinski definition) is 2. The molecule has 0 atom stereocenters. The van der Waals surface area contributed by atoms with Gasteiger partial charge in [0, 0.05) is 6.07 Å². The van der Waals surface area contributed by atoms with Crippen LogP contribution in [0.15, 0.2) is 6.07 Å². The van der Waals surface area contributed by atoms with Gasteiger partial charge in [-0.1, -0.05) is 11.6 Å². The zero-order chi connectivity index (χ0) is 8.59. The zero-order valence-electron chi connectivity index (χ0n) is 6.35. The minimum absolute atomic E-state index is 0.0735. The van der Waals surface area contributed by atoms with Crippen molar-refractivity contribution in [3.05, 3.63) is 22.2 Å². The first-order valence-corrected chi connectivity index (χ1v) is 3.59. The number of aromatic hydroxyl groups is 2. The van der Waals surface area contributed by atoms with E-state index in [9.17, 15) is 5.11 Å². The van der Waals surface area contributed by atoms with Crippen molar-refractivity contribution in [1.29, 1.82) is 0 Å². The molecule has 0 fully saturated rings. The highest BCUT2D eigenvalue weighted by Crippen LogP contribution is 2.34. The molecule has 0 saturated carbocycles. The molecule has 0 aliphatic heterocycles. The molecule has 1 aromatic rings. The molecule has 0 heterocycles. The molecule has 60 valence electrons. The van der Waals surface area contributed by atoms with Crippen LogP contribution in [0, 0.1) is 13.8 Å². The molecule has 1 aromatic carbocycles. The molecule has 0 aliphatic carbocycles. The van der Waals surface area contributed by atoms with Crippen LogP contribution in [0.5, 0.6) is 11.5 Å². The fourth-order valence-electron chi connectivity index (χ4n) is 0.850. The molecule has 0 saturated heterocycles. The van der Waals surface area contributed by atoms with Crippen molar-refractivity contribution in [1.82, 2.24) is 0 Å². The summed E-state index contributed by atoms with van der Waals surface area (Å²) in [6, 6.07) is 1.24. The highest BCUT2D eigenvalue weighted by atomic mass is 35.5. The second kappa shape index (κ2) is 2.62. The summed E-state index contributed by atoms with van der Waals surface area (Å²) in [5.74, 6) is -0.00309. The van der Waals surface area contributed by atoms with Gasteiger partial charge in [-0.2, -0.15) is 0 Å². The predicted octanol–water partition coefficient (Wildman–Crippen LogP) is 2.37. The Balaban J connectivity index is 3.46. The SMILES string of the molecule is Cc1c(O)cc(O)c(Cl)c1C. The zero-order valence-corrected chi connectivity index (χ0v) is 7.11. The molecular formula is C8H9ClO2. The molecular weight excluding hydrogens is 164 g/mol. The third-order valence-electron chi connectivity index (χ3n) is 1.77. The minimum Gasteiger partial charge on any atom is -0.508 e. The molecule has 0 aromatic heterocycles. The highest BCUT2D eigenvalue weighted by Gasteiger charge is 2.08. The first-order valence-electron chi connectivity index (χ1n) is 3.21. The Bertz CT molecular complexity index is 268. The third-order valence-corrected chi connectivity index (χ3v) is 2.25. The van der Waals surface area contributed by atoms with Crippen LogP contribution in [0.1, 0.15) is 11.1 Å². The maximum absolute atomic E-state index is 9.19. The van der Waals surface area contributed by atoms with E-state index >= 15 is 0 Å². The summed E-state index contributed by atoms with van der Waals surface area (Å²) in [6.07, 6.45) is 0. The van der Waals surface area contributed by atoms with Crippen LogP contribution in [-0.2, 0) is 0 Å². The van der Waals surface area contributed by atoms with Crippen LogP contribution in [0.25, 0.3) is 0 Å². The van der Waals surface area contributed by atoms with E-state index in [1.165, 1.54) is 6.07 Å². The van der Waals surface area contributed by atoms with Crippen LogP contribution >= 0.6 is 11.6 Å². The maximum Gasteiger partial charge on any atom is 0.138 e. The minimum atomic E-state index is -0.0766. The summed E-state index contributed by atoms with van der Waals surface area (Å²) in [6.45, 7) is 3.49. The first-order chi connectivity index (χ1) is 5.04. The molecule has 0 amide bonds. The first kappa shape index (κ1) is 8.21. The number of phenols is 2. The van der Waals surface area contributed by atoms with Gasteiger partial charge in [-0.15, -0.1) is 0 Å². The van der Waals surface area contributed by atoms with E-state index in [0.717, 1.165) is 0 Å². The van der Waals surface area contributed by atoms with Crippen molar-refractivity contribution in [3.8, 4) is 11.5 Å². The van der Waals surface area contributed by atoms with Gasteiger partial charge < -0.3 is 10.2 Å². The summed E-state index contributed by atoms with van der Waals surface area (Å²) in [5, 5.41) is 18.6. The van der Waals surface area contributed by atoms with E-state index in [0.29, 0.717) is 16.1 Å². The van der Waals surface area contributed by atoms with Gasteiger partial charge >= 0.3 is 0 Å². The quantitative estimate of drug-likeness (QED) is 0.631. The van der Waals surface area contributed by atoms with Crippen molar-refractivity contribution in [3.63, 3.8) is 0 Å². The Morgan fingerprint density at radius 1 is 1.09 bits per heavy atom. The van der Waals surface area contributed by atoms with E-state index < -0.39 is 0 Å². The summed E-state index contributed by atoms with van der Waals surface area (Å²) in [5.41, 5.74) is 1.41. The average Bonchev–Trinajstić information content (AvgIpc) is 1.97. The topological polar surface area (TPSA) is 40.5 Å². The fourth-order valence-corrected chi connectivity index (χ4v) is 1.05. The van der Waals surface area contributed by atoms with Crippen molar-refractivity contribution in [2.75, 3.05) is 0 Å². The van der Waals surface area contributed by atoms with Gasteiger partial charge in [0.25, 0.3) is 0 Å². The fraction of sp³-hybridized carbons (Fsp3) is 0.250. The lowest BCUT2D eigenvalue weighted by Gasteiger charge is -2.06. The van der Waals surface area contributed by atoms with Crippen LogP contribution < -0.4 is 0 Å². The van der Waals surface area contributed by atoms with Crippen LogP contribution in [0.4, 0.5) is 0 Å². The summed E-state index contributed by atoms with van der Waals surface area (Å²) < 4.78 is 0. The lowest BCUT2D eigenvalue weighted by Crippen LogP contribution is -1.83. The van der Waals surface area contributed by atoms with Crippen molar-refractivity contribution < 1.29 is 10.2 Å². The molecule has 0 spiro atoms. The third kappa shape index (κ3) is 1.26. The second-order valence-electron chi connectivity index (χ2n) is 2.48. The standard InChI is InChI=1S/C8H9ClO2/c1-4-5(2)8(9)7(11)3-6(4)10/h3,10-11H,1-2H3. The average molecular weight is 173 g/mol. The van der Waals surface area contributed by atoms with Gasteiger partial charge in [0.1, 0.15) is 11.5 Å². The Morgan fingerprint density at radius 3 is 2.18 bits per heavy atom. The van der Waals surface area contributed by atoms with Gasteiger partial charge in [-0.05, 0) is 25.0 Å². The molecule has 11 heavy (non-hydrogen) atoms. The largest absolute Gasteiger partial charge is 0.508 e. The molecule has 2 N–H and O–H groups in total. The van der Waals surface area contributed by atoms with E-state index in [-0.39, 0.29) is 11.5 Å². The van der Waals surface area contributed by atoms with Crippen molar-refractivity contribution in [2.45, 2.75) is 13.8 Å².